The maximum Gasteiger partial charge on any atom is 0.276 e. The predicted octanol–water partition coefficient (Wildman–Crippen LogP) is 1.72. The number of nitrogen functional groups attached to an aromatic ring is 1. The van der Waals surface area contributed by atoms with Gasteiger partial charge in [-0.3, -0.25) is 4.68 Å². The number of rotatable bonds is 2. The summed E-state index contributed by atoms with van der Waals surface area (Å²) in [6, 6.07) is 9.21. The van der Waals surface area contributed by atoms with Crippen LogP contribution in [0.25, 0.3) is 23.0 Å². The van der Waals surface area contributed by atoms with Crippen LogP contribution >= 0.6 is 0 Å². The van der Waals surface area contributed by atoms with Gasteiger partial charge in [-0.25, -0.2) is 0 Å². The summed E-state index contributed by atoms with van der Waals surface area (Å²) in [5.41, 5.74) is 8.02. The van der Waals surface area contributed by atoms with E-state index in [9.17, 15) is 0 Å². The molecule has 6 nitrogen and oxygen atoms in total. The number of nitrogens with zero attached hydrogens (tertiary/aromatic N) is 4. The van der Waals surface area contributed by atoms with E-state index in [1.54, 1.807) is 16.9 Å². The number of aryl methyl sites for hydroxylation is 1. The average molecular weight is 241 g/mol. The molecule has 0 saturated carbocycles. The molecule has 3 aromatic rings. The zero-order chi connectivity index (χ0) is 12.5. The highest BCUT2D eigenvalue weighted by molar-refractivity contribution is 5.71. The fraction of sp³-hybridized carbons (Fsp3) is 0.0833. The quantitative estimate of drug-likeness (QED) is 0.691. The molecule has 2 heterocycles. The van der Waals surface area contributed by atoms with E-state index in [1.807, 2.05) is 31.3 Å². The van der Waals surface area contributed by atoms with Crippen LogP contribution in [0.2, 0.25) is 0 Å². The SMILES string of the molecule is Cn1nccc1-c1nc(-c2ccccc2N)no1. The van der Waals surface area contributed by atoms with Gasteiger partial charge in [0.25, 0.3) is 5.89 Å². The zero-order valence-corrected chi connectivity index (χ0v) is 9.74. The Morgan fingerprint density at radius 2 is 2.06 bits per heavy atom. The van der Waals surface area contributed by atoms with Gasteiger partial charge < -0.3 is 10.3 Å². The third-order valence-corrected chi connectivity index (χ3v) is 2.67. The first kappa shape index (κ1) is 10.5. The lowest BCUT2D eigenvalue weighted by Crippen LogP contribution is -1.93. The molecule has 0 saturated heterocycles. The maximum atomic E-state index is 5.87. The molecule has 6 heteroatoms. The number of para-hydroxylation sites is 1. The Morgan fingerprint density at radius 1 is 1.22 bits per heavy atom. The standard InChI is InChI=1S/C12H11N5O/c1-17-10(6-7-14-17)12-15-11(16-18-12)8-4-2-3-5-9(8)13/h2-7H,13H2,1H3. The van der Waals surface area contributed by atoms with Crippen LogP contribution in [-0.2, 0) is 7.05 Å². The Balaban J connectivity index is 2.05. The van der Waals surface area contributed by atoms with Crippen LogP contribution in [0.3, 0.4) is 0 Å². The van der Waals surface area contributed by atoms with Gasteiger partial charge in [-0.2, -0.15) is 10.1 Å². The van der Waals surface area contributed by atoms with Gasteiger partial charge in [0.2, 0.25) is 5.82 Å². The van der Waals surface area contributed by atoms with Crippen molar-refractivity contribution in [2.45, 2.75) is 0 Å². The number of anilines is 1. The Bertz CT molecular complexity index is 685. The van der Waals surface area contributed by atoms with Crippen LogP contribution < -0.4 is 5.73 Å². The van der Waals surface area contributed by atoms with Crippen LogP contribution in [0, 0.1) is 0 Å². The molecule has 0 atom stereocenters. The second-order valence-electron chi connectivity index (χ2n) is 3.85. The van der Waals surface area contributed by atoms with Gasteiger partial charge in [0, 0.05) is 24.5 Å². The van der Waals surface area contributed by atoms with E-state index < -0.39 is 0 Å². The minimum atomic E-state index is 0.424. The van der Waals surface area contributed by atoms with Gasteiger partial charge in [0.05, 0.1) is 0 Å². The van der Waals surface area contributed by atoms with E-state index in [1.165, 1.54) is 0 Å². The van der Waals surface area contributed by atoms with Crippen LogP contribution in [0.15, 0.2) is 41.1 Å². The highest BCUT2D eigenvalue weighted by atomic mass is 16.5. The largest absolute Gasteiger partial charge is 0.398 e. The van der Waals surface area contributed by atoms with Crippen molar-refractivity contribution in [3.8, 4) is 23.0 Å². The van der Waals surface area contributed by atoms with E-state index in [0.29, 0.717) is 17.4 Å². The molecule has 2 aromatic heterocycles. The highest BCUT2D eigenvalue weighted by Crippen LogP contribution is 2.25. The van der Waals surface area contributed by atoms with Crippen LogP contribution in [0.1, 0.15) is 0 Å². The van der Waals surface area contributed by atoms with Crippen LogP contribution in [-0.4, -0.2) is 19.9 Å². The summed E-state index contributed by atoms with van der Waals surface area (Å²) >= 11 is 0. The lowest BCUT2D eigenvalue weighted by Gasteiger charge is -1.98. The third-order valence-electron chi connectivity index (χ3n) is 2.67. The molecule has 1 aromatic carbocycles. The maximum absolute atomic E-state index is 5.87. The Labute approximate surface area is 103 Å². The van der Waals surface area contributed by atoms with E-state index in [4.69, 9.17) is 10.3 Å². The third kappa shape index (κ3) is 1.64. The molecule has 2 N–H and O–H groups in total. The van der Waals surface area contributed by atoms with Crippen molar-refractivity contribution in [2.24, 2.45) is 7.05 Å². The van der Waals surface area contributed by atoms with Crippen molar-refractivity contribution in [3.05, 3.63) is 36.5 Å². The van der Waals surface area contributed by atoms with Gasteiger partial charge in [0.1, 0.15) is 5.69 Å². The van der Waals surface area contributed by atoms with Crippen molar-refractivity contribution in [1.29, 1.82) is 0 Å². The number of aromatic nitrogens is 4. The summed E-state index contributed by atoms with van der Waals surface area (Å²) in [7, 11) is 1.82. The van der Waals surface area contributed by atoms with Crippen LogP contribution in [0.5, 0.6) is 0 Å². The van der Waals surface area contributed by atoms with E-state index >= 15 is 0 Å². The van der Waals surface area contributed by atoms with Crippen molar-refractivity contribution < 1.29 is 4.52 Å². The molecule has 18 heavy (non-hydrogen) atoms. The number of benzene rings is 1. The monoisotopic (exact) mass is 241 g/mol. The van der Waals surface area contributed by atoms with Gasteiger partial charge >= 0.3 is 0 Å². The first-order chi connectivity index (χ1) is 8.75. The van der Waals surface area contributed by atoms with Gasteiger partial charge in [-0.1, -0.05) is 17.3 Å². The fourth-order valence-corrected chi connectivity index (χ4v) is 1.72. The molecular formula is C12H11N5O. The summed E-state index contributed by atoms with van der Waals surface area (Å²) in [6.07, 6.45) is 1.68. The van der Waals surface area contributed by atoms with Gasteiger partial charge in [-0.15, -0.1) is 0 Å². The molecule has 0 radical (unpaired) electrons. The Hall–Kier alpha value is -2.63. The second-order valence-corrected chi connectivity index (χ2v) is 3.85. The zero-order valence-electron chi connectivity index (χ0n) is 9.74. The molecular weight excluding hydrogens is 230 g/mol. The van der Waals surface area contributed by atoms with Crippen molar-refractivity contribution in [1.82, 2.24) is 19.9 Å². The summed E-state index contributed by atoms with van der Waals surface area (Å²) in [6.45, 7) is 0. The molecule has 0 aliphatic heterocycles. The number of hydrogen-bond acceptors (Lipinski definition) is 5. The first-order valence-corrected chi connectivity index (χ1v) is 5.42. The summed E-state index contributed by atoms with van der Waals surface area (Å²) in [5, 5.41) is 7.99. The predicted molar refractivity (Wildman–Crippen MR) is 66.3 cm³/mol. The Morgan fingerprint density at radius 3 is 2.78 bits per heavy atom. The minimum Gasteiger partial charge on any atom is -0.398 e. The lowest BCUT2D eigenvalue weighted by molar-refractivity contribution is 0.428. The summed E-state index contributed by atoms with van der Waals surface area (Å²) in [5.74, 6) is 0.901. The van der Waals surface area contributed by atoms with E-state index in [-0.39, 0.29) is 0 Å². The summed E-state index contributed by atoms with van der Waals surface area (Å²) < 4.78 is 6.89. The number of nitrogens with two attached hydrogens (primary N) is 1. The molecule has 0 unspecified atom stereocenters. The molecule has 0 spiro atoms. The fourth-order valence-electron chi connectivity index (χ4n) is 1.72. The minimum absolute atomic E-state index is 0.424. The molecule has 90 valence electrons. The molecule has 0 amide bonds. The van der Waals surface area contributed by atoms with Crippen molar-refractivity contribution in [2.75, 3.05) is 5.73 Å². The van der Waals surface area contributed by atoms with Crippen molar-refractivity contribution in [3.63, 3.8) is 0 Å². The van der Waals surface area contributed by atoms with Gasteiger partial charge in [0.15, 0.2) is 0 Å². The average Bonchev–Trinajstić information content (AvgIpc) is 2.98. The van der Waals surface area contributed by atoms with E-state index in [0.717, 1.165) is 11.3 Å². The van der Waals surface area contributed by atoms with Crippen LogP contribution in [0.4, 0.5) is 5.69 Å². The number of hydrogen-bond donors (Lipinski definition) is 1. The lowest BCUT2D eigenvalue weighted by atomic mass is 10.2. The molecule has 3 rings (SSSR count). The molecule has 0 aliphatic carbocycles. The van der Waals surface area contributed by atoms with E-state index in [2.05, 4.69) is 15.2 Å². The second kappa shape index (κ2) is 3.99. The first-order valence-electron chi connectivity index (χ1n) is 5.42. The molecule has 0 bridgehead atoms. The summed E-state index contributed by atoms with van der Waals surface area (Å²) in [4.78, 5) is 4.33. The Kier molecular flexibility index (Phi) is 2.33. The van der Waals surface area contributed by atoms with Crippen molar-refractivity contribution >= 4 is 5.69 Å². The highest BCUT2D eigenvalue weighted by Gasteiger charge is 2.14. The normalized spacial score (nSPS) is 10.7. The van der Waals surface area contributed by atoms with Gasteiger partial charge in [-0.05, 0) is 18.2 Å². The molecule has 0 fully saturated rings. The molecule has 0 aliphatic rings. The topological polar surface area (TPSA) is 82.8 Å². The smallest absolute Gasteiger partial charge is 0.276 e.